The SMILES string of the molecule is CNC(=O)NC(=O)C(OC(=O)c1cccc(OC(F)F)c1)c1ccccc1. The van der Waals surface area contributed by atoms with Crippen molar-refractivity contribution in [2.45, 2.75) is 12.7 Å². The minimum absolute atomic E-state index is 0.0955. The van der Waals surface area contributed by atoms with E-state index in [2.05, 4.69) is 10.1 Å². The molecule has 0 aliphatic heterocycles. The van der Waals surface area contributed by atoms with E-state index in [9.17, 15) is 23.2 Å². The van der Waals surface area contributed by atoms with Crippen LogP contribution in [0.5, 0.6) is 5.75 Å². The van der Waals surface area contributed by atoms with E-state index >= 15 is 0 Å². The van der Waals surface area contributed by atoms with Crippen molar-refractivity contribution in [1.29, 1.82) is 0 Å². The second-order valence-corrected chi connectivity index (χ2v) is 5.17. The van der Waals surface area contributed by atoms with Crippen LogP contribution in [0.3, 0.4) is 0 Å². The van der Waals surface area contributed by atoms with E-state index in [1.165, 1.54) is 37.4 Å². The van der Waals surface area contributed by atoms with Crippen molar-refractivity contribution in [2.24, 2.45) is 0 Å². The van der Waals surface area contributed by atoms with Crippen LogP contribution in [0.15, 0.2) is 54.6 Å². The van der Waals surface area contributed by atoms with E-state index in [1.807, 2.05) is 5.32 Å². The molecule has 0 saturated carbocycles. The maximum atomic E-state index is 12.4. The van der Waals surface area contributed by atoms with Gasteiger partial charge >= 0.3 is 18.6 Å². The fourth-order valence-electron chi connectivity index (χ4n) is 2.12. The Bertz CT molecular complexity index is 814. The first kappa shape index (κ1) is 19.8. The Kier molecular flexibility index (Phi) is 6.81. The maximum Gasteiger partial charge on any atom is 0.387 e. The summed E-state index contributed by atoms with van der Waals surface area (Å²) in [6.07, 6.45) is -1.42. The highest BCUT2D eigenvalue weighted by Gasteiger charge is 2.27. The number of urea groups is 1. The smallest absolute Gasteiger partial charge is 0.387 e. The summed E-state index contributed by atoms with van der Waals surface area (Å²) in [4.78, 5) is 36.1. The maximum absolute atomic E-state index is 12.4. The van der Waals surface area contributed by atoms with Gasteiger partial charge in [-0.15, -0.1) is 0 Å². The Balaban J connectivity index is 2.23. The van der Waals surface area contributed by atoms with Crippen LogP contribution in [0.2, 0.25) is 0 Å². The summed E-state index contributed by atoms with van der Waals surface area (Å²) in [7, 11) is 1.32. The molecule has 0 bridgehead atoms. The fraction of sp³-hybridized carbons (Fsp3) is 0.167. The number of halogens is 2. The number of benzene rings is 2. The van der Waals surface area contributed by atoms with Crippen LogP contribution >= 0.6 is 0 Å². The van der Waals surface area contributed by atoms with Gasteiger partial charge in [0.1, 0.15) is 5.75 Å². The molecule has 2 N–H and O–H groups in total. The van der Waals surface area contributed by atoms with Crippen LogP contribution in [0.4, 0.5) is 13.6 Å². The van der Waals surface area contributed by atoms with Gasteiger partial charge in [-0.3, -0.25) is 10.1 Å². The lowest BCUT2D eigenvalue weighted by molar-refractivity contribution is -0.129. The number of amides is 3. The molecule has 7 nitrogen and oxygen atoms in total. The average molecular weight is 378 g/mol. The minimum atomic E-state index is -3.05. The molecular weight excluding hydrogens is 362 g/mol. The van der Waals surface area contributed by atoms with Crippen LogP contribution in [0.25, 0.3) is 0 Å². The summed E-state index contributed by atoms with van der Waals surface area (Å²) in [6, 6.07) is 12.2. The summed E-state index contributed by atoms with van der Waals surface area (Å²) in [5, 5.41) is 4.25. The minimum Gasteiger partial charge on any atom is -0.444 e. The van der Waals surface area contributed by atoms with Crippen LogP contribution in [0.1, 0.15) is 22.0 Å². The van der Waals surface area contributed by atoms with Crippen molar-refractivity contribution in [3.63, 3.8) is 0 Å². The first-order valence-electron chi connectivity index (χ1n) is 7.74. The largest absolute Gasteiger partial charge is 0.444 e. The Morgan fingerprint density at radius 3 is 2.33 bits per heavy atom. The Morgan fingerprint density at radius 2 is 1.70 bits per heavy atom. The van der Waals surface area contributed by atoms with Crippen LogP contribution in [-0.4, -0.2) is 31.6 Å². The number of nitrogens with one attached hydrogen (secondary N) is 2. The summed E-state index contributed by atoms with van der Waals surface area (Å²) in [5.41, 5.74) is 0.231. The Hall–Kier alpha value is -3.49. The second-order valence-electron chi connectivity index (χ2n) is 5.17. The van der Waals surface area contributed by atoms with Crippen LogP contribution in [-0.2, 0) is 9.53 Å². The number of hydrogen-bond donors (Lipinski definition) is 2. The lowest BCUT2D eigenvalue weighted by atomic mass is 10.1. The van der Waals surface area contributed by atoms with Crippen LogP contribution < -0.4 is 15.4 Å². The van der Waals surface area contributed by atoms with Gasteiger partial charge in [-0.25, -0.2) is 9.59 Å². The molecule has 0 spiro atoms. The molecule has 0 heterocycles. The van der Waals surface area contributed by atoms with Crippen LogP contribution in [0, 0.1) is 0 Å². The van der Waals surface area contributed by atoms with Crippen molar-refractivity contribution in [2.75, 3.05) is 7.05 Å². The molecule has 0 aliphatic rings. The van der Waals surface area contributed by atoms with Crippen molar-refractivity contribution in [3.8, 4) is 5.75 Å². The molecule has 27 heavy (non-hydrogen) atoms. The van der Waals surface area contributed by atoms with Gasteiger partial charge in [0.25, 0.3) is 5.91 Å². The molecular formula is C18H16F2N2O5. The van der Waals surface area contributed by atoms with Gasteiger partial charge in [-0.1, -0.05) is 36.4 Å². The first-order chi connectivity index (χ1) is 12.9. The number of alkyl halides is 2. The van der Waals surface area contributed by atoms with Crippen molar-refractivity contribution in [3.05, 3.63) is 65.7 Å². The van der Waals surface area contributed by atoms with Gasteiger partial charge in [-0.2, -0.15) is 8.78 Å². The predicted molar refractivity (Wildman–Crippen MR) is 90.3 cm³/mol. The van der Waals surface area contributed by atoms with Crippen molar-refractivity contribution < 1.29 is 32.6 Å². The zero-order chi connectivity index (χ0) is 19.8. The third kappa shape index (κ3) is 5.77. The van der Waals surface area contributed by atoms with E-state index < -0.39 is 30.6 Å². The summed E-state index contributed by atoms with van der Waals surface area (Å²) in [6.45, 7) is -3.05. The number of carbonyl (C=O) groups is 3. The molecule has 0 fully saturated rings. The number of imide groups is 1. The summed E-state index contributed by atoms with van der Waals surface area (Å²) in [5.74, 6) is -2.05. The number of rotatable bonds is 6. The third-order valence-electron chi connectivity index (χ3n) is 3.32. The van der Waals surface area contributed by atoms with E-state index in [1.54, 1.807) is 18.2 Å². The molecule has 0 radical (unpaired) electrons. The Morgan fingerprint density at radius 1 is 1.00 bits per heavy atom. The zero-order valence-corrected chi connectivity index (χ0v) is 14.1. The molecule has 2 aromatic carbocycles. The van der Waals surface area contributed by atoms with Gasteiger partial charge in [0, 0.05) is 12.6 Å². The van der Waals surface area contributed by atoms with Crippen molar-refractivity contribution >= 4 is 17.9 Å². The van der Waals surface area contributed by atoms with Gasteiger partial charge in [0.2, 0.25) is 6.10 Å². The normalized spacial score (nSPS) is 11.4. The molecule has 0 aromatic heterocycles. The highest BCUT2D eigenvalue weighted by Crippen LogP contribution is 2.22. The first-order valence-corrected chi connectivity index (χ1v) is 7.74. The Labute approximate surface area is 153 Å². The second kappa shape index (κ2) is 9.27. The zero-order valence-electron chi connectivity index (χ0n) is 14.1. The number of hydrogen-bond acceptors (Lipinski definition) is 5. The highest BCUT2D eigenvalue weighted by molar-refractivity contribution is 5.99. The molecule has 2 rings (SSSR count). The van der Waals surface area contributed by atoms with Gasteiger partial charge in [-0.05, 0) is 18.2 Å². The molecule has 1 atom stereocenters. The quantitative estimate of drug-likeness (QED) is 0.754. The monoisotopic (exact) mass is 378 g/mol. The van der Waals surface area contributed by atoms with E-state index in [4.69, 9.17) is 4.74 Å². The average Bonchev–Trinajstić information content (AvgIpc) is 2.66. The molecule has 2 aromatic rings. The van der Waals surface area contributed by atoms with Gasteiger partial charge in [0.15, 0.2) is 0 Å². The molecule has 142 valence electrons. The van der Waals surface area contributed by atoms with Gasteiger partial charge < -0.3 is 14.8 Å². The molecule has 9 heteroatoms. The highest BCUT2D eigenvalue weighted by atomic mass is 19.3. The topological polar surface area (TPSA) is 93.7 Å². The summed E-state index contributed by atoms with van der Waals surface area (Å²) >= 11 is 0. The standard InChI is InChI=1S/C18H16F2N2O5/c1-21-18(25)22-15(23)14(11-6-3-2-4-7-11)27-16(24)12-8-5-9-13(10-12)26-17(19)20/h2-10,14,17H,1H3,(H2,21,22,23,25). The molecule has 0 saturated heterocycles. The fourth-order valence-corrected chi connectivity index (χ4v) is 2.12. The van der Waals surface area contributed by atoms with Crippen molar-refractivity contribution in [1.82, 2.24) is 10.6 Å². The van der Waals surface area contributed by atoms with E-state index in [0.717, 1.165) is 6.07 Å². The lowest BCUT2D eigenvalue weighted by Crippen LogP contribution is -2.41. The lowest BCUT2D eigenvalue weighted by Gasteiger charge is -2.17. The summed E-state index contributed by atoms with van der Waals surface area (Å²) < 4.78 is 34.1. The molecule has 3 amide bonds. The number of esters is 1. The predicted octanol–water partition coefficient (Wildman–Crippen LogP) is 2.64. The van der Waals surface area contributed by atoms with Gasteiger partial charge in [0.05, 0.1) is 5.56 Å². The van der Waals surface area contributed by atoms with E-state index in [0.29, 0.717) is 5.56 Å². The molecule has 1 unspecified atom stereocenters. The number of carbonyl (C=O) groups excluding carboxylic acids is 3. The third-order valence-corrected chi connectivity index (χ3v) is 3.32. The molecule has 0 aliphatic carbocycles. The number of ether oxygens (including phenoxy) is 2. The van der Waals surface area contributed by atoms with E-state index in [-0.39, 0.29) is 11.3 Å².